The van der Waals surface area contributed by atoms with Crippen LogP contribution in [-0.4, -0.2) is 130 Å². The molecule has 0 radical (unpaired) electrons. The van der Waals surface area contributed by atoms with Gasteiger partial charge in [-0.2, -0.15) is 0 Å². The van der Waals surface area contributed by atoms with E-state index in [4.69, 9.17) is 41.9 Å². The lowest BCUT2D eigenvalue weighted by molar-refractivity contribution is -0.328. The van der Waals surface area contributed by atoms with Gasteiger partial charge in [-0.05, 0) is 6.42 Å². The van der Waals surface area contributed by atoms with E-state index in [1.54, 1.807) is 0 Å². The first-order valence-corrected chi connectivity index (χ1v) is 10.7. The molecule has 0 spiro atoms. The van der Waals surface area contributed by atoms with Crippen LogP contribution in [0.5, 0.6) is 0 Å². The first kappa shape index (κ1) is 26.1. The molecule has 0 bridgehead atoms. The zero-order valence-electron chi connectivity index (χ0n) is 17.5. The normalized spacial score (nSPS) is 52.7. The monoisotopic (exact) mass is 468 g/mol. The van der Waals surface area contributed by atoms with Gasteiger partial charge in [0.2, 0.25) is 0 Å². The van der Waals surface area contributed by atoms with Crippen molar-refractivity contribution in [3.63, 3.8) is 0 Å². The van der Waals surface area contributed by atoms with Gasteiger partial charge in [0.05, 0.1) is 12.7 Å². The van der Waals surface area contributed by atoms with Crippen LogP contribution >= 0.6 is 0 Å². The van der Waals surface area contributed by atoms with E-state index in [0.717, 1.165) is 0 Å². The molecule has 14 heteroatoms. The summed E-state index contributed by atoms with van der Waals surface area (Å²) in [5, 5.41) is 61.5. The molecule has 3 fully saturated rings. The maximum atomic E-state index is 10.9. The summed E-state index contributed by atoms with van der Waals surface area (Å²) in [4.78, 5) is 0. The summed E-state index contributed by atoms with van der Waals surface area (Å²) in [5.74, 6) is -0.688. The van der Waals surface area contributed by atoms with E-state index < -0.39 is 85.5 Å². The van der Waals surface area contributed by atoms with Gasteiger partial charge in [0.1, 0.15) is 48.8 Å². The zero-order valence-corrected chi connectivity index (χ0v) is 17.5. The third kappa shape index (κ3) is 5.08. The number of aliphatic hydroxyl groups excluding tert-OH is 6. The third-order valence-corrected chi connectivity index (χ3v) is 6.46. The van der Waals surface area contributed by atoms with E-state index in [-0.39, 0.29) is 26.1 Å². The summed E-state index contributed by atoms with van der Waals surface area (Å²) in [6, 6.07) is -1.54. The number of nitrogens with two attached hydrogens (primary N) is 4. The van der Waals surface area contributed by atoms with Crippen molar-refractivity contribution in [1.29, 1.82) is 0 Å². The van der Waals surface area contributed by atoms with Crippen molar-refractivity contribution in [2.24, 2.45) is 28.9 Å². The Hall–Kier alpha value is -0.560. The lowest BCUT2D eigenvalue weighted by Crippen LogP contribution is -2.67. The van der Waals surface area contributed by atoms with Crippen LogP contribution < -0.4 is 22.9 Å². The minimum atomic E-state index is -1.63. The Morgan fingerprint density at radius 3 is 1.88 bits per heavy atom. The SMILES string of the molecule is NCC1O[C@H](O[C@@H]2C(N)C[C@@H](N)C(O[C@H]3OC[C@H](O)C(CN)[C@H]3O)[C@H]2O)C(O)[C@@H](O)[C@@H]1O. The molecule has 32 heavy (non-hydrogen) atoms. The van der Waals surface area contributed by atoms with Gasteiger partial charge in [-0.1, -0.05) is 0 Å². The molecule has 14 N–H and O–H groups in total. The fourth-order valence-electron chi connectivity index (χ4n) is 4.43. The summed E-state index contributed by atoms with van der Waals surface area (Å²) in [5.41, 5.74) is 23.4. The highest BCUT2D eigenvalue weighted by Gasteiger charge is 2.50. The van der Waals surface area contributed by atoms with Crippen LogP contribution in [0.3, 0.4) is 0 Å². The van der Waals surface area contributed by atoms with Crippen LogP contribution in [0, 0.1) is 5.92 Å². The summed E-state index contributed by atoms with van der Waals surface area (Å²) in [7, 11) is 0. The fraction of sp³-hybridized carbons (Fsp3) is 1.00. The Bertz CT molecular complexity index is 606. The van der Waals surface area contributed by atoms with Gasteiger partial charge < -0.3 is 72.5 Å². The molecule has 5 unspecified atom stereocenters. The standard InChI is InChI=1S/C18H36N4O10/c19-2-5-8(23)4-29-17(10(5)24)31-15-6(21)1-7(22)16(14(15)28)32-18-13(27)12(26)11(25)9(3-20)30-18/h5-18,23-28H,1-4,19-22H2/t5?,6-,7?,8+,9?,10-,11-,12+,13?,14-,15?,16-,17-,18-/m1/s1. The molecule has 0 aromatic heterocycles. The molecule has 2 heterocycles. The van der Waals surface area contributed by atoms with Gasteiger partial charge in [-0.25, -0.2) is 0 Å². The molecule has 1 saturated carbocycles. The van der Waals surface area contributed by atoms with Crippen molar-refractivity contribution in [3.8, 4) is 0 Å². The van der Waals surface area contributed by atoms with Crippen LogP contribution in [-0.2, 0) is 18.9 Å². The lowest BCUT2D eigenvalue weighted by atomic mass is 9.84. The molecular formula is C18H36N4O10. The van der Waals surface area contributed by atoms with Gasteiger partial charge in [0.15, 0.2) is 12.6 Å². The largest absolute Gasteiger partial charge is 0.390 e. The molecule has 14 nitrogen and oxygen atoms in total. The first-order valence-electron chi connectivity index (χ1n) is 10.7. The number of rotatable bonds is 6. The van der Waals surface area contributed by atoms with Gasteiger partial charge in [-0.15, -0.1) is 0 Å². The molecule has 188 valence electrons. The minimum Gasteiger partial charge on any atom is -0.390 e. The topological polar surface area (TPSA) is 262 Å². The second kappa shape index (κ2) is 10.8. The zero-order chi connectivity index (χ0) is 23.7. The quantitative estimate of drug-likeness (QED) is 0.174. The Morgan fingerprint density at radius 1 is 0.719 bits per heavy atom. The maximum Gasteiger partial charge on any atom is 0.187 e. The Kier molecular flexibility index (Phi) is 8.79. The van der Waals surface area contributed by atoms with Crippen molar-refractivity contribution >= 4 is 0 Å². The summed E-state index contributed by atoms with van der Waals surface area (Å²) in [6.45, 7) is -0.273. The maximum absolute atomic E-state index is 10.9. The van der Waals surface area contributed by atoms with Crippen LogP contribution in [0.1, 0.15) is 6.42 Å². The summed E-state index contributed by atoms with van der Waals surface area (Å²) < 4.78 is 22.3. The molecule has 3 aliphatic rings. The Morgan fingerprint density at radius 2 is 1.31 bits per heavy atom. The van der Waals surface area contributed by atoms with Crippen LogP contribution in [0.15, 0.2) is 0 Å². The highest BCUT2D eigenvalue weighted by molar-refractivity contribution is 5.00. The van der Waals surface area contributed by atoms with Crippen molar-refractivity contribution in [2.45, 2.75) is 86.0 Å². The molecule has 14 atom stereocenters. The van der Waals surface area contributed by atoms with Crippen LogP contribution in [0.2, 0.25) is 0 Å². The van der Waals surface area contributed by atoms with Crippen molar-refractivity contribution in [1.82, 2.24) is 0 Å². The lowest BCUT2D eigenvalue weighted by Gasteiger charge is -2.47. The molecule has 0 amide bonds. The van der Waals surface area contributed by atoms with E-state index in [2.05, 4.69) is 0 Å². The second-order valence-corrected chi connectivity index (χ2v) is 8.67. The molecule has 0 aromatic rings. The van der Waals surface area contributed by atoms with E-state index in [9.17, 15) is 30.6 Å². The van der Waals surface area contributed by atoms with E-state index in [0.29, 0.717) is 0 Å². The van der Waals surface area contributed by atoms with Crippen molar-refractivity contribution < 1.29 is 49.6 Å². The molecule has 1 aliphatic carbocycles. The smallest absolute Gasteiger partial charge is 0.187 e. The fourth-order valence-corrected chi connectivity index (χ4v) is 4.43. The van der Waals surface area contributed by atoms with Crippen LogP contribution in [0.25, 0.3) is 0 Å². The predicted molar refractivity (Wildman–Crippen MR) is 106 cm³/mol. The third-order valence-electron chi connectivity index (χ3n) is 6.46. The molecule has 0 aromatic carbocycles. The molecule has 2 saturated heterocycles. The van der Waals surface area contributed by atoms with Gasteiger partial charge in [0, 0.05) is 31.1 Å². The number of hydrogen-bond acceptors (Lipinski definition) is 14. The predicted octanol–water partition coefficient (Wildman–Crippen LogP) is -6.40. The molecular weight excluding hydrogens is 432 g/mol. The summed E-state index contributed by atoms with van der Waals surface area (Å²) >= 11 is 0. The Labute approximate surface area is 185 Å². The van der Waals surface area contributed by atoms with Crippen molar-refractivity contribution in [2.75, 3.05) is 19.7 Å². The average molecular weight is 469 g/mol. The van der Waals surface area contributed by atoms with Gasteiger partial charge in [-0.3, -0.25) is 0 Å². The van der Waals surface area contributed by atoms with E-state index in [1.165, 1.54) is 0 Å². The average Bonchev–Trinajstić information content (AvgIpc) is 2.75. The highest BCUT2D eigenvalue weighted by atomic mass is 16.7. The van der Waals surface area contributed by atoms with Crippen LogP contribution in [0.4, 0.5) is 0 Å². The Balaban J connectivity index is 1.70. The molecule has 3 rings (SSSR count). The summed E-state index contributed by atoms with van der Waals surface area (Å²) in [6.07, 6.45) is -14.0. The van der Waals surface area contributed by atoms with Crippen molar-refractivity contribution in [3.05, 3.63) is 0 Å². The highest BCUT2D eigenvalue weighted by Crippen LogP contribution is 2.31. The number of aliphatic hydroxyl groups is 6. The van der Waals surface area contributed by atoms with Gasteiger partial charge >= 0.3 is 0 Å². The number of ether oxygens (including phenoxy) is 4. The number of hydrogen-bond donors (Lipinski definition) is 10. The first-order chi connectivity index (χ1) is 15.1. The molecule has 2 aliphatic heterocycles. The van der Waals surface area contributed by atoms with E-state index >= 15 is 0 Å². The van der Waals surface area contributed by atoms with Gasteiger partial charge in [0.25, 0.3) is 0 Å². The minimum absolute atomic E-state index is 0.00513. The van der Waals surface area contributed by atoms with E-state index in [1.807, 2.05) is 0 Å². The second-order valence-electron chi connectivity index (χ2n) is 8.67.